The van der Waals surface area contributed by atoms with Crippen molar-refractivity contribution >= 4 is 22.9 Å². The highest BCUT2D eigenvalue weighted by atomic mass is 35.5. The summed E-state index contributed by atoms with van der Waals surface area (Å²) in [5, 5.41) is 3.68. The first-order chi connectivity index (χ1) is 7.31. The summed E-state index contributed by atoms with van der Waals surface area (Å²) in [7, 11) is 1.91. The number of hydrogen-bond acceptors (Lipinski definition) is 4. The molecule has 0 aliphatic rings. The second kappa shape index (κ2) is 4.79. The van der Waals surface area contributed by atoms with Crippen LogP contribution in [-0.2, 0) is 6.42 Å². The fraction of sp³-hybridized carbons (Fsp3) is 0.300. The zero-order valence-corrected chi connectivity index (χ0v) is 9.81. The molecule has 0 aliphatic heterocycles. The van der Waals surface area contributed by atoms with Gasteiger partial charge in [0.25, 0.3) is 0 Å². The average Bonchev–Trinajstić information content (AvgIpc) is 2.85. The van der Waals surface area contributed by atoms with Crippen LogP contribution in [-0.4, -0.2) is 12.0 Å². The van der Waals surface area contributed by atoms with Crippen molar-refractivity contribution in [3.8, 4) is 0 Å². The van der Waals surface area contributed by atoms with Crippen molar-refractivity contribution in [1.29, 1.82) is 0 Å². The molecule has 0 saturated heterocycles. The third-order valence-corrected chi connectivity index (χ3v) is 3.37. The molecule has 0 aliphatic carbocycles. The second-order valence-corrected chi connectivity index (χ2v) is 4.48. The van der Waals surface area contributed by atoms with Crippen molar-refractivity contribution in [1.82, 2.24) is 10.3 Å². The molecule has 2 aromatic heterocycles. The summed E-state index contributed by atoms with van der Waals surface area (Å²) in [6.07, 6.45) is 4.36. The Kier molecular flexibility index (Phi) is 3.41. The zero-order valence-electron chi connectivity index (χ0n) is 8.24. The topological polar surface area (TPSA) is 38.1 Å². The van der Waals surface area contributed by atoms with Crippen molar-refractivity contribution in [3.05, 3.63) is 39.7 Å². The third kappa shape index (κ3) is 2.40. The summed E-state index contributed by atoms with van der Waals surface area (Å²) in [6, 6.07) is 2.07. The maximum absolute atomic E-state index is 5.93. The van der Waals surface area contributed by atoms with E-state index in [1.807, 2.05) is 24.8 Å². The molecule has 0 fully saturated rings. The summed E-state index contributed by atoms with van der Waals surface area (Å²) in [4.78, 5) is 5.28. The highest BCUT2D eigenvalue weighted by molar-refractivity contribution is 7.09. The number of nitrogens with zero attached hydrogens (tertiary/aromatic N) is 1. The van der Waals surface area contributed by atoms with Crippen LogP contribution in [0.2, 0.25) is 5.22 Å². The number of rotatable bonds is 4. The average molecular weight is 243 g/mol. The normalized spacial score (nSPS) is 12.9. The summed E-state index contributed by atoms with van der Waals surface area (Å²) >= 11 is 7.58. The Morgan fingerprint density at radius 1 is 1.67 bits per heavy atom. The summed E-state index contributed by atoms with van der Waals surface area (Å²) in [5.41, 5.74) is 2.83. The molecule has 5 heteroatoms. The number of nitrogens with one attached hydrogen (secondary N) is 1. The van der Waals surface area contributed by atoms with Crippen LogP contribution in [0.1, 0.15) is 16.5 Å². The molecule has 0 aromatic carbocycles. The molecule has 1 N–H and O–H groups in total. The highest BCUT2D eigenvalue weighted by Crippen LogP contribution is 2.27. The molecule has 15 heavy (non-hydrogen) atoms. The largest absolute Gasteiger partial charge is 0.453 e. The van der Waals surface area contributed by atoms with Crippen LogP contribution in [0.4, 0.5) is 0 Å². The monoisotopic (exact) mass is 242 g/mol. The Bertz CT molecular complexity index is 413. The van der Waals surface area contributed by atoms with Crippen molar-refractivity contribution in [3.63, 3.8) is 0 Å². The van der Waals surface area contributed by atoms with Gasteiger partial charge in [-0.25, -0.2) is 0 Å². The second-order valence-electron chi connectivity index (χ2n) is 3.16. The highest BCUT2D eigenvalue weighted by Gasteiger charge is 2.16. The van der Waals surface area contributed by atoms with E-state index < -0.39 is 0 Å². The van der Waals surface area contributed by atoms with Crippen molar-refractivity contribution < 1.29 is 4.42 Å². The molecule has 0 amide bonds. The summed E-state index contributed by atoms with van der Waals surface area (Å²) in [5.74, 6) is 0. The van der Waals surface area contributed by atoms with E-state index in [2.05, 4.69) is 10.3 Å². The van der Waals surface area contributed by atoms with Crippen LogP contribution in [0, 0.1) is 0 Å². The van der Waals surface area contributed by atoms with E-state index in [0.717, 1.165) is 12.0 Å². The van der Waals surface area contributed by atoms with Gasteiger partial charge in [0, 0.05) is 29.1 Å². The molecule has 0 bridgehead atoms. The predicted octanol–water partition coefficient (Wildman–Crippen LogP) is 2.89. The molecule has 1 atom stereocenters. The SMILES string of the molecule is CNC(Cc1cncs1)c1ccoc1Cl. The Balaban J connectivity index is 2.15. The van der Waals surface area contributed by atoms with Gasteiger partial charge < -0.3 is 9.73 Å². The Hall–Kier alpha value is -0.840. The minimum absolute atomic E-state index is 0.178. The van der Waals surface area contributed by atoms with E-state index >= 15 is 0 Å². The number of furan rings is 1. The lowest BCUT2D eigenvalue weighted by Crippen LogP contribution is -2.18. The van der Waals surface area contributed by atoms with E-state index in [1.54, 1.807) is 17.6 Å². The number of aromatic nitrogens is 1. The first kappa shape index (κ1) is 10.7. The Morgan fingerprint density at radius 3 is 3.07 bits per heavy atom. The quantitative estimate of drug-likeness (QED) is 0.896. The van der Waals surface area contributed by atoms with E-state index in [0.29, 0.717) is 5.22 Å². The van der Waals surface area contributed by atoms with Gasteiger partial charge in [-0.3, -0.25) is 4.98 Å². The minimum atomic E-state index is 0.178. The van der Waals surface area contributed by atoms with Gasteiger partial charge in [0.1, 0.15) is 0 Å². The molecule has 80 valence electrons. The van der Waals surface area contributed by atoms with Crippen LogP contribution >= 0.6 is 22.9 Å². The number of likely N-dealkylation sites (N-methyl/N-ethyl adjacent to an activating group) is 1. The van der Waals surface area contributed by atoms with Gasteiger partial charge in [0.2, 0.25) is 0 Å². The first-order valence-electron chi connectivity index (χ1n) is 4.58. The maximum Gasteiger partial charge on any atom is 0.197 e. The summed E-state index contributed by atoms with van der Waals surface area (Å²) < 4.78 is 5.08. The Labute approximate surface area is 97.1 Å². The molecule has 0 spiro atoms. The van der Waals surface area contributed by atoms with Gasteiger partial charge in [-0.15, -0.1) is 11.3 Å². The molecule has 3 nitrogen and oxygen atoms in total. The van der Waals surface area contributed by atoms with Crippen molar-refractivity contribution in [2.45, 2.75) is 12.5 Å². The van der Waals surface area contributed by atoms with Crippen molar-refractivity contribution in [2.75, 3.05) is 7.05 Å². The van der Waals surface area contributed by atoms with Gasteiger partial charge >= 0.3 is 0 Å². The molecular weight excluding hydrogens is 232 g/mol. The number of hydrogen-bond donors (Lipinski definition) is 1. The van der Waals surface area contributed by atoms with E-state index in [4.69, 9.17) is 16.0 Å². The van der Waals surface area contributed by atoms with Gasteiger partial charge in [0.05, 0.1) is 11.8 Å². The number of thiazole rings is 1. The van der Waals surface area contributed by atoms with Crippen LogP contribution in [0.5, 0.6) is 0 Å². The molecule has 2 aromatic rings. The smallest absolute Gasteiger partial charge is 0.197 e. The van der Waals surface area contributed by atoms with Gasteiger partial charge in [0.15, 0.2) is 5.22 Å². The number of halogens is 1. The molecule has 0 saturated carbocycles. The lowest BCUT2D eigenvalue weighted by atomic mass is 10.1. The minimum Gasteiger partial charge on any atom is -0.453 e. The van der Waals surface area contributed by atoms with Crippen molar-refractivity contribution in [2.24, 2.45) is 0 Å². The van der Waals surface area contributed by atoms with Crippen LogP contribution in [0.15, 0.2) is 28.5 Å². The fourth-order valence-electron chi connectivity index (χ4n) is 1.47. The Morgan fingerprint density at radius 2 is 2.53 bits per heavy atom. The molecule has 0 radical (unpaired) electrons. The van der Waals surface area contributed by atoms with Crippen LogP contribution in [0.3, 0.4) is 0 Å². The van der Waals surface area contributed by atoms with Gasteiger partial charge in [-0.05, 0) is 24.7 Å². The third-order valence-electron chi connectivity index (χ3n) is 2.26. The molecule has 1 unspecified atom stereocenters. The van der Waals surface area contributed by atoms with E-state index in [9.17, 15) is 0 Å². The lowest BCUT2D eigenvalue weighted by Gasteiger charge is -2.13. The molecule has 2 heterocycles. The van der Waals surface area contributed by atoms with Crippen LogP contribution in [0.25, 0.3) is 0 Å². The first-order valence-corrected chi connectivity index (χ1v) is 5.84. The van der Waals surface area contributed by atoms with E-state index in [-0.39, 0.29) is 6.04 Å². The van der Waals surface area contributed by atoms with Gasteiger partial charge in [-0.1, -0.05) is 0 Å². The van der Waals surface area contributed by atoms with Gasteiger partial charge in [-0.2, -0.15) is 0 Å². The lowest BCUT2D eigenvalue weighted by molar-refractivity contribution is 0.545. The summed E-state index contributed by atoms with van der Waals surface area (Å²) in [6.45, 7) is 0. The van der Waals surface area contributed by atoms with Crippen LogP contribution < -0.4 is 5.32 Å². The maximum atomic E-state index is 5.93. The predicted molar refractivity (Wildman–Crippen MR) is 61.3 cm³/mol. The molecule has 2 rings (SSSR count). The zero-order chi connectivity index (χ0) is 10.7. The fourth-order valence-corrected chi connectivity index (χ4v) is 2.35. The van der Waals surface area contributed by atoms with E-state index in [1.165, 1.54) is 4.88 Å². The standard InChI is InChI=1S/C10H11ClN2OS/c1-12-9(4-7-5-13-6-15-7)8-2-3-14-10(8)11/h2-3,5-6,9,12H,4H2,1H3. The molecular formula is C10H11ClN2OS.